The van der Waals surface area contributed by atoms with Crippen molar-refractivity contribution >= 4 is 21.6 Å². The van der Waals surface area contributed by atoms with Crippen molar-refractivity contribution in [2.75, 3.05) is 5.32 Å². The van der Waals surface area contributed by atoms with E-state index >= 15 is 0 Å². The second kappa shape index (κ2) is 6.99. The third kappa shape index (κ3) is 4.50. The summed E-state index contributed by atoms with van der Waals surface area (Å²) in [5, 5.41) is 3.47. The molecule has 2 aromatic carbocycles. The van der Waals surface area contributed by atoms with Gasteiger partial charge in [0.25, 0.3) is 0 Å². The van der Waals surface area contributed by atoms with Crippen molar-refractivity contribution in [3.05, 3.63) is 57.6 Å². The third-order valence-corrected chi connectivity index (χ3v) is 4.45. The largest absolute Gasteiger partial charge is 0.491 e. The molecule has 0 atom stereocenters. The molecule has 0 spiro atoms. The van der Waals surface area contributed by atoms with Gasteiger partial charge in [0.2, 0.25) is 0 Å². The van der Waals surface area contributed by atoms with E-state index in [1.165, 1.54) is 21.2 Å². The van der Waals surface area contributed by atoms with Crippen LogP contribution < -0.4 is 10.1 Å². The minimum Gasteiger partial charge on any atom is -0.491 e. The Morgan fingerprint density at radius 2 is 1.76 bits per heavy atom. The average Bonchev–Trinajstić information content (AvgIpc) is 2.42. The molecule has 0 saturated carbocycles. The molecule has 3 heteroatoms. The Morgan fingerprint density at radius 1 is 1.10 bits per heavy atom. The van der Waals surface area contributed by atoms with Gasteiger partial charge < -0.3 is 10.1 Å². The van der Waals surface area contributed by atoms with Crippen LogP contribution >= 0.6 is 15.9 Å². The van der Waals surface area contributed by atoms with Gasteiger partial charge in [-0.2, -0.15) is 0 Å². The van der Waals surface area contributed by atoms with E-state index in [1.54, 1.807) is 0 Å². The molecule has 0 unspecified atom stereocenters. The maximum absolute atomic E-state index is 5.73. The maximum Gasteiger partial charge on any atom is 0.120 e. The SMILES string of the molecule is Cc1cc(NCc2cccc(OC(C)C)c2)cc(C)c1Br. The van der Waals surface area contributed by atoms with E-state index < -0.39 is 0 Å². The van der Waals surface area contributed by atoms with Crippen LogP contribution in [0.2, 0.25) is 0 Å². The highest BCUT2D eigenvalue weighted by Gasteiger charge is 2.03. The first-order chi connectivity index (χ1) is 9.95. The van der Waals surface area contributed by atoms with Crippen LogP contribution in [0.3, 0.4) is 0 Å². The van der Waals surface area contributed by atoms with Crippen LogP contribution in [0, 0.1) is 13.8 Å². The standard InChI is InChI=1S/C18H22BrNO/c1-12(2)21-17-7-5-6-15(10-17)11-20-16-8-13(3)18(19)14(4)9-16/h5-10,12,20H,11H2,1-4H3. The van der Waals surface area contributed by atoms with Gasteiger partial charge in [0, 0.05) is 16.7 Å². The first-order valence-corrected chi connectivity index (χ1v) is 8.01. The van der Waals surface area contributed by atoms with Gasteiger partial charge in [0.05, 0.1) is 6.10 Å². The number of benzene rings is 2. The quantitative estimate of drug-likeness (QED) is 0.774. The zero-order valence-corrected chi connectivity index (χ0v) is 14.6. The Labute approximate surface area is 135 Å². The minimum atomic E-state index is 0.199. The summed E-state index contributed by atoms with van der Waals surface area (Å²) in [6.07, 6.45) is 0.199. The van der Waals surface area contributed by atoms with Gasteiger partial charge in [0.15, 0.2) is 0 Å². The lowest BCUT2D eigenvalue weighted by atomic mass is 10.1. The van der Waals surface area contributed by atoms with Crippen LogP contribution in [0.15, 0.2) is 40.9 Å². The summed E-state index contributed by atoms with van der Waals surface area (Å²) in [6.45, 7) is 9.09. The maximum atomic E-state index is 5.73. The topological polar surface area (TPSA) is 21.3 Å². The van der Waals surface area contributed by atoms with E-state index in [9.17, 15) is 0 Å². The van der Waals surface area contributed by atoms with Gasteiger partial charge in [0.1, 0.15) is 5.75 Å². The van der Waals surface area contributed by atoms with Crippen molar-refractivity contribution < 1.29 is 4.74 Å². The van der Waals surface area contributed by atoms with Crippen LogP contribution in [-0.4, -0.2) is 6.10 Å². The van der Waals surface area contributed by atoms with Crippen LogP contribution in [-0.2, 0) is 6.54 Å². The summed E-state index contributed by atoms with van der Waals surface area (Å²) in [5.74, 6) is 0.924. The molecule has 0 aromatic heterocycles. The predicted molar refractivity (Wildman–Crippen MR) is 93.1 cm³/mol. The zero-order valence-electron chi connectivity index (χ0n) is 13.0. The molecule has 0 aliphatic carbocycles. The highest BCUT2D eigenvalue weighted by Crippen LogP contribution is 2.25. The molecule has 1 N–H and O–H groups in total. The number of ether oxygens (including phenoxy) is 1. The molecule has 0 saturated heterocycles. The predicted octanol–water partition coefficient (Wildman–Crippen LogP) is 5.47. The molecule has 2 rings (SSSR count). The van der Waals surface area contributed by atoms with E-state index in [4.69, 9.17) is 4.74 Å². The lowest BCUT2D eigenvalue weighted by molar-refractivity contribution is 0.242. The van der Waals surface area contributed by atoms with Crippen molar-refractivity contribution in [3.63, 3.8) is 0 Å². The first kappa shape index (κ1) is 15.9. The number of nitrogens with one attached hydrogen (secondary N) is 1. The summed E-state index contributed by atoms with van der Waals surface area (Å²) in [5.41, 5.74) is 4.85. The highest BCUT2D eigenvalue weighted by atomic mass is 79.9. The van der Waals surface area contributed by atoms with Crippen LogP contribution in [0.5, 0.6) is 5.75 Å². The second-order valence-corrected chi connectivity index (χ2v) is 6.38. The Kier molecular flexibility index (Phi) is 5.29. The number of anilines is 1. The lowest BCUT2D eigenvalue weighted by Crippen LogP contribution is -2.06. The molecule has 112 valence electrons. The molecule has 0 fully saturated rings. The van der Waals surface area contributed by atoms with Gasteiger partial charge in [-0.05, 0) is 68.7 Å². The molecule has 0 aliphatic heterocycles. The third-order valence-electron chi connectivity index (χ3n) is 3.20. The summed E-state index contributed by atoms with van der Waals surface area (Å²) in [6, 6.07) is 12.5. The molecule has 0 aliphatic rings. The fraction of sp³-hybridized carbons (Fsp3) is 0.333. The van der Waals surface area contributed by atoms with Crippen LogP contribution in [0.25, 0.3) is 0 Å². The minimum absolute atomic E-state index is 0.199. The van der Waals surface area contributed by atoms with Gasteiger partial charge >= 0.3 is 0 Å². The van der Waals surface area contributed by atoms with Crippen molar-refractivity contribution in [2.45, 2.75) is 40.3 Å². The van der Waals surface area contributed by atoms with E-state index in [2.05, 4.69) is 59.4 Å². The monoisotopic (exact) mass is 347 g/mol. The molecule has 2 nitrogen and oxygen atoms in total. The van der Waals surface area contributed by atoms with Gasteiger partial charge in [-0.1, -0.05) is 28.1 Å². The van der Waals surface area contributed by atoms with Gasteiger partial charge in [-0.15, -0.1) is 0 Å². The van der Waals surface area contributed by atoms with E-state index in [1.807, 2.05) is 26.0 Å². The van der Waals surface area contributed by atoms with Crippen LogP contribution in [0.1, 0.15) is 30.5 Å². The van der Waals surface area contributed by atoms with Crippen molar-refractivity contribution in [3.8, 4) is 5.75 Å². The number of aryl methyl sites for hydroxylation is 2. The Hall–Kier alpha value is -1.48. The average molecular weight is 348 g/mol. The summed E-state index contributed by atoms with van der Waals surface area (Å²) < 4.78 is 6.91. The van der Waals surface area contributed by atoms with E-state index in [0.717, 1.165) is 18.0 Å². The van der Waals surface area contributed by atoms with Crippen molar-refractivity contribution in [2.24, 2.45) is 0 Å². The normalized spacial score (nSPS) is 10.8. The first-order valence-electron chi connectivity index (χ1n) is 7.22. The van der Waals surface area contributed by atoms with Gasteiger partial charge in [-0.3, -0.25) is 0 Å². The fourth-order valence-corrected chi connectivity index (χ4v) is 2.48. The molecule has 0 bridgehead atoms. The Bertz CT molecular complexity index is 599. The smallest absolute Gasteiger partial charge is 0.120 e. The zero-order chi connectivity index (χ0) is 15.4. The number of hydrogen-bond donors (Lipinski definition) is 1. The second-order valence-electron chi connectivity index (χ2n) is 5.59. The number of rotatable bonds is 5. The molecular formula is C18H22BrNO. The van der Waals surface area contributed by atoms with Crippen molar-refractivity contribution in [1.29, 1.82) is 0 Å². The molecule has 0 amide bonds. The Morgan fingerprint density at radius 3 is 2.38 bits per heavy atom. The highest BCUT2D eigenvalue weighted by molar-refractivity contribution is 9.10. The van der Waals surface area contributed by atoms with Crippen LogP contribution in [0.4, 0.5) is 5.69 Å². The summed E-state index contributed by atoms with van der Waals surface area (Å²) >= 11 is 3.60. The molecule has 0 heterocycles. The Balaban J connectivity index is 2.06. The number of hydrogen-bond acceptors (Lipinski definition) is 2. The molecule has 21 heavy (non-hydrogen) atoms. The summed E-state index contributed by atoms with van der Waals surface area (Å²) in [4.78, 5) is 0. The molecule has 2 aromatic rings. The fourth-order valence-electron chi connectivity index (χ4n) is 2.25. The van der Waals surface area contributed by atoms with Crippen molar-refractivity contribution in [1.82, 2.24) is 0 Å². The van der Waals surface area contributed by atoms with E-state index in [0.29, 0.717) is 0 Å². The molecule has 0 radical (unpaired) electrons. The molecular weight excluding hydrogens is 326 g/mol. The van der Waals surface area contributed by atoms with Gasteiger partial charge in [-0.25, -0.2) is 0 Å². The summed E-state index contributed by atoms with van der Waals surface area (Å²) in [7, 11) is 0. The number of halogens is 1. The lowest BCUT2D eigenvalue weighted by Gasteiger charge is -2.13. The van der Waals surface area contributed by atoms with E-state index in [-0.39, 0.29) is 6.10 Å².